The molecule has 1 saturated heterocycles. The Morgan fingerprint density at radius 3 is 2.69 bits per heavy atom. The number of aliphatic hydroxyl groups excluding tert-OH is 1. The van der Waals surface area contributed by atoms with Crippen LogP contribution < -0.4 is 0 Å². The van der Waals surface area contributed by atoms with Crippen LogP contribution in [-0.2, 0) is 10.0 Å². The smallest absolute Gasteiger partial charge is 0.214 e. The van der Waals surface area contributed by atoms with Crippen molar-refractivity contribution in [3.05, 3.63) is 0 Å². The van der Waals surface area contributed by atoms with Crippen LogP contribution in [0.1, 0.15) is 33.1 Å². The van der Waals surface area contributed by atoms with Gasteiger partial charge in [-0.1, -0.05) is 13.8 Å². The second kappa shape index (κ2) is 5.98. The van der Waals surface area contributed by atoms with Crippen LogP contribution >= 0.6 is 0 Å². The van der Waals surface area contributed by atoms with Gasteiger partial charge in [0.1, 0.15) is 0 Å². The quantitative estimate of drug-likeness (QED) is 0.766. The summed E-state index contributed by atoms with van der Waals surface area (Å²) < 4.78 is 25.5. The molecule has 1 heterocycles. The van der Waals surface area contributed by atoms with E-state index >= 15 is 0 Å². The Morgan fingerprint density at radius 2 is 2.12 bits per heavy atom. The maximum Gasteiger partial charge on any atom is 0.214 e. The summed E-state index contributed by atoms with van der Waals surface area (Å²) in [5.41, 5.74) is 0. The van der Waals surface area contributed by atoms with Crippen molar-refractivity contribution in [3.63, 3.8) is 0 Å². The van der Waals surface area contributed by atoms with Crippen LogP contribution in [0.5, 0.6) is 0 Å². The highest BCUT2D eigenvalue weighted by molar-refractivity contribution is 7.89. The Hall–Kier alpha value is -0.130. The third-order valence-corrected chi connectivity index (χ3v) is 5.00. The third kappa shape index (κ3) is 4.03. The Morgan fingerprint density at radius 1 is 1.44 bits per heavy atom. The van der Waals surface area contributed by atoms with Gasteiger partial charge in [-0.3, -0.25) is 0 Å². The third-order valence-electron chi connectivity index (χ3n) is 3.13. The summed E-state index contributed by atoms with van der Waals surface area (Å²) in [6.07, 6.45) is 2.33. The molecule has 5 heteroatoms. The van der Waals surface area contributed by atoms with Gasteiger partial charge < -0.3 is 5.11 Å². The molecule has 0 aromatic heterocycles. The minimum absolute atomic E-state index is 0.157. The molecule has 4 nitrogen and oxygen atoms in total. The van der Waals surface area contributed by atoms with Gasteiger partial charge in [-0.25, -0.2) is 12.7 Å². The average molecular weight is 249 g/mol. The zero-order chi connectivity index (χ0) is 12.2. The lowest BCUT2D eigenvalue weighted by Crippen LogP contribution is -2.31. The summed E-state index contributed by atoms with van der Waals surface area (Å²) in [5, 5.41) is 8.82. The predicted octanol–water partition coefficient (Wildman–Crippen LogP) is 1.07. The fourth-order valence-electron chi connectivity index (χ4n) is 1.98. The summed E-state index contributed by atoms with van der Waals surface area (Å²) in [6, 6.07) is 0. The van der Waals surface area contributed by atoms with E-state index in [-0.39, 0.29) is 12.4 Å². The number of sulfonamides is 1. The van der Waals surface area contributed by atoms with Crippen molar-refractivity contribution < 1.29 is 13.5 Å². The highest BCUT2D eigenvalue weighted by Crippen LogP contribution is 2.22. The molecular formula is C11H23NO3S. The minimum atomic E-state index is -3.05. The maximum absolute atomic E-state index is 12.0. The van der Waals surface area contributed by atoms with Crippen molar-refractivity contribution in [2.75, 3.05) is 25.4 Å². The molecule has 0 radical (unpaired) electrons. The fraction of sp³-hybridized carbons (Fsp3) is 1.00. The van der Waals surface area contributed by atoms with Gasteiger partial charge >= 0.3 is 0 Å². The van der Waals surface area contributed by atoms with Crippen LogP contribution in [-0.4, -0.2) is 43.3 Å². The number of rotatable bonds is 6. The monoisotopic (exact) mass is 249 g/mol. The van der Waals surface area contributed by atoms with Gasteiger partial charge in [0.2, 0.25) is 10.0 Å². The van der Waals surface area contributed by atoms with E-state index in [4.69, 9.17) is 5.11 Å². The van der Waals surface area contributed by atoms with Gasteiger partial charge in [0.15, 0.2) is 0 Å². The largest absolute Gasteiger partial charge is 0.396 e. The normalized spacial score (nSPS) is 23.1. The van der Waals surface area contributed by atoms with Crippen molar-refractivity contribution in [2.24, 2.45) is 11.8 Å². The Balaban J connectivity index is 2.45. The van der Waals surface area contributed by atoms with Crippen molar-refractivity contribution >= 4 is 10.0 Å². The maximum atomic E-state index is 12.0. The molecule has 0 aliphatic carbocycles. The van der Waals surface area contributed by atoms with E-state index < -0.39 is 10.0 Å². The first kappa shape index (κ1) is 13.9. The molecule has 0 aromatic rings. The molecule has 1 rings (SSSR count). The van der Waals surface area contributed by atoms with Gasteiger partial charge in [0.05, 0.1) is 5.75 Å². The second-order valence-electron chi connectivity index (χ2n) is 5.02. The van der Waals surface area contributed by atoms with Gasteiger partial charge in [-0.05, 0) is 31.1 Å². The standard InChI is InChI=1S/C11H23NO3S/c1-10(2)5-8-16(14,15)12-6-3-11(9-12)4-7-13/h10-11,13H,3-9H2,1-2H3. The molecule has 0 spiro atoms. The highest BCUT2D eigenvalue weighted by Gasteiger charge is 2.30. The van der Waals surface area contributed by atoms with Crippen molar-refractivity contribution in [2.45, 2.75) is 33.1 Å². The summed E-state index contributed by atoms with van der Waals surface area (Å²) in [5.74, 6) is 1.03. The topological polar surface area (TPSA) is 57.6 Å². The Kier molecular flexibility index (Phi) is 5.21. The summed E-state index contributed by atoms with van der Waals surface area (Å²) in [7, 11) is -3.05. The number of nitrogens with zero attached hydrogens (tertiary/aromatic N) is 1. The molecule has 1 aliphatic heterocycles. The molecule has 1 unspecified atom stereocenters. The Bertz CT molecular complexity index is 300. The van der Waals surface area contributed by atoms with Gasteiger partial charge in [0.25, 0.3) is 0 Å². The van der Waals surface area contributed by atoms with E-state index in [1.807, 2.05) is 13.8 Å². The van der Waals surface area contributed by atoms with E-state index in [0.29, 0.717) is 24.9 Å². The second-order valence-corrected chi connectivity index (χ2v) is 7.11. The van der Waals surface area contributed by atoms with Crippen molar-refractivity contribution in [3.8, 4) is 0 Å². The SMILES string of the molecule is CC(C)CCS(=O)(=O)N1CCC(CCO)C1. The zero-order valence-corrected chi connectivity index (χ0v) is 11.0. The van der Waals surface area contributed by atoms with Gasteiger partial charge in [0, 0.05) is 19.7 Å². The predicted molar refractivity (Wildman–Crippen MR) is 64.6 cm³/mol. The number of hydrogen-bond acceptors (Lipinski definition) is 3. The van der Waals surface area contributed by atoms with E-state index in [1.54, 1.807) is 4.31 Å². The lowest BCUT2D eigenvalue weighted by atomic mass is 10.1. The molecule has 16 heavy (non-hydrogen) atoms. The van der Waals surface area contributed by atoms with Crippen molar-refractivity contribution in [1.82, 2.24) is 4.31 Å². The van der Waals surface area contributed by atoms with Crippen LogP contribution in [0, 0.1) is 11.8 Å². The van der Waals surface area contributed by atoms with Gasteiger partial charge in [-0.15, -0.1) is 0 Å². The van der Waals surface area contributed by atoms with Crippen LogP contribution in [0.2, 0.25) is 0 Å². The molecule has 0 aromatic carbocycles. The molecule has 1 N–H and O–H groups in total. The van der Waals surface area contributed by atoms with E-state index in [9.17, 15) is 8.42 Å². The van der Waals surface area contributed by atoms with E-state index in [1.165, 1.54) is 0 Å². The zero-order valence-electron chi connectivity index (χ0n) is 10.2. The van der Waals surface area contributed by atoms with Gasteiger partial charge in [-0.2, -0.15) is 0 Å². The molecule has 0 saturated carbocycles. The first-order chi connectivity index (χ1) is 7.45. The molecule has 96 valence electrons. The molecule has 1 atom stereocenters. The van der Waals surface area contributed by atoms with Crippen LogP contribution in [0.25, 0.3) is 0 Å². The summed E-state index contributed by atoms with van der Waals surface area (Å²) in [4.78, 5) is 0. The van der Waals surface area contributed by atoms with E-state index in [2.05, 4.69) is 0 Å². The van der Waals surface area contributed by atoms with Crippen molar-refractivity contribution in [1.29, 1.82) is 0 Å². The lowest BCUT2D eigenvalue weighted by molar-refractivity contribution is 0.259. The summed E-state index contributed by atoms with van der Waals surface area (Å²) >= 11 is 0. The Labute approximate surface area is 98.7 Å². The van der Waals surface area contributed by atoms with E-state index in [0.717, 1.165) is 19.3 Å². The first-order valence-corrected chi connectivity index (χ1v) is 7.65. The van der Waals surface area contributed by atoms with Crippen LogP contribution in [0.4, 0.5) is 0 Å². The molecule has 0 amide bonds. The lowest BCUT2D eigenvalue weighted by Gasteiger charge is -2.17. The molecular weight excluding hydrogens is 226 g/mol. The number of aliphatic hydroxyl groups is 1. The average Bonchev–Trinajstić information content (AvgIpc) is 2.65. The minimum Gasteiger partial charge on any atom is -0.396 e. The summed E-state index contributed by atoms with van der Waals surface area (Å²) in [6.45, 7) is 5.46. The molecule has 1 aliphatic rings. The number of hydrogen-bond donors (Lipinski definition) is 1. The molecule has 1 fully saturated rings. The molecule has 0 bridgehead atoms. The fourth-order valence-corrected chi connectivity index (χ4v) is 3.83. The first-order valence-electron chi connectivity index (χ1n) is 6.04. The highest BCUT2D eigenvalue weighted by atomic mass is 32.2. The van der Waals surface area contributed by atoms with Crippen LogP contribution in [0.3, 0.4) is 0 Å². The van der Waals surface area contributed by atoms with Crippen LogP contribution in [0.15, 0.2) is 0 Å².